The number of sulfonamides is 1. The maximum absolute atomic E-state index is 12.7. The van der Waals surface area contributed by atoms with Gasteiger partial charge >= 0.3 is 0 Å². The highest BCUT2D eigenvalue weighted by Gasteiger charge is 2.22. The largest absolute Gasteiger partial charge is 0.312 e. The van der Waals surface area contributed by atoms with Gasteiger partial charge in [0, 0.05) is 24.3 Å². The predicted molar refractivity (Wildman–Crippen MR) is 104 cm³/mol. The lowest BCUT2D eigenvalue weighted by Crippen LogP contribution is -2.35. The van der Waals surface area contributed by atoms with E-state index in [9.17, 15) is 13.2 Å². The third kappa shape index (κ3) is 3.75. The molecule has 1 fully saturated rings. The Balaban J connectivity index is 1.86. The van der Waals surface area contributed by atoms with E-state index in [4.69, 9.17) is 0 Å². The minimum atomic E-state index is -3.66. The lowest BCUT2D eigenvalue weighted by molar-refractivity contribution is -0.119. The standard InChI is InChI=1S/C20H24N2O3S/c1-14-7-10-19(16(3)12-14)26(24,25)21-17-8-9-18(15(2)13-17)22-11-5-4-6-20(22)23/h7-10,12-13,21H,4-6,11H2,1-3H3. The molecule has 0 aliphatic carbocycles. The van der Waals surface area contributed by atoms with Gasteiger partial charge in [-0.05, 0) is 69.0 Å². The van der Waals surface area contributed by atoms with Gasteiger partial charge in [-0.3, -0.25) is 9.52 Å². The molecule has 0 unspecified atom stereocenters. The van der Waals surface area contributed by atoms with Crippen LogP contribution in [-0.2, 0) is 14.8 Å². The average Bonchev–Trinajstić information content (AvgIpc) is 2.55. The SMILES string of the molecule is Cc1ccc(S(=O)(=O)Nc2ccc(N3CCCCC3=O)c(C)c2)c(C)c1. The van der Waals surface area contributed by atoms with E-state index in [0.29, 0.717) is 24.2 Å². The van der Waals surface area contributed by atoms with Crippen molar-refractivity contribution in [3.63, 3.8) is 0 Å². The van der Waals surface area contributed by atoms with E-state index < -0.39 is 10.0 Å². The van der Waals surface area contributed by atoms with Crippen LogP contribution in [0.1, 0.15) is 36.0 Å². The summed E-state index contributed by atoms with van der Waals surface area (Å²) < 4.78 is 28.1. The van der Waals surface area contributed by atoms with Gasteiger partial charge in [0.2, 0.25) is 5.91 Å². The first-order chi connectivity index (χ1) is 12.3. The first kappa shape index (κ1) is 18.5. The molecule has 26 heavy (non-hydrogen) atoms. The van der Waals surface area contributed by atoms with E-state index in [0.717, 1.165) is 29.7 Å². The Morgan fingerprint density at radius 3 is 2.38 bits per heavy atom. The van der Waals surface area contributed by atoms with E-state index in [-0.39, 0.29) is 10.8 Å². The highest BCUT2D eigenvalue weighted by atomic mass is 32.2. The smallest absolute Gasteiger partial charge is 0.262 e. The van der Waals surface area contributed by atoms with Crippen molar-refractivity contribution in [3.8, 4) is 0 Å². The quantitative estimate of drug-likeness (QED) is 0.884. The summed E-state index contributed by atoms with van der Waals surface area (Å²) in [6.45, 7) is 6.33. The van der Waals surface area contributed by atoms with E-state index in [1.165, 1.54) is 0 Å². The molecule has 1 amide bonds. The van der Waals surface area contributed by atoms with Crippen LogP contribution in [-0.4, -0.2) is 20.9 Å². The molecule has 1 heterocycles. The zero-order chi connectivity index (χ0) is 18.9. The fourth-order valence-corrected chi connectivity index (χ4v) is 4.67. The maximum atomic E-state index is 12.7. The number of amides is 1. The Morgan fingerprint density at radius 1 is 0.962 bits per heavy atom. The number of nitrogens with one attached hydrogen (secondary N) is 1. The molecule has 1 aliphatic heterocycles. The van der Waals surface area contributed by atoms with Gasteiger partial charge in [0.15, 0.2) is 0 Å². The summed E-state index contributed by atoms with van der Waals surface area (Å²) in [4.78, 5) is 14.2. The van der Waals surface area contributed by atoms with Crippen LogP contribution in [0.15, 0.2) is 41.3 Å². The topological polar surface area (TPSA) is 66.5 Å². The van der Waals surface area contributed by atoms with Crippen LogP contribution in [0.3, 0.4) is 0 Å². The first-order valence-electron chi connectivity index (χ1n) is 8.79. The Bertz CT molecular complexity index is 952. The number of hydrogen-bond acceptors (Lipinski definition) is 3. The van der Waals surface area contributed by atoms with Crippen molar-refractivity contribution in [2.45, 2.75) is 44.9 Å². The van der Waals surface area contributed by atoms with Crippen LogP contribution in [0, 0.1) is 20.8 Å². The molecule has 6 heteroatoms. The summed E-state index contributed by atoms with van der Waals surface area (Å²) >= 11 is 0. The van der Waals surface area contributed by atoms with E-state index in [1.807, 2.05) is 26.0 Å². The van der Waals surface area contributed by atoms with Gasteiger partial charge in [-0.2, -0.15) is 0 Å². The van der Waals surface area contributed by atoms with Crippen LogP contribution in [0.25, 0.3) is 0 Å². The summed E-state index contributed by atoms with van der Waals surface area (Å²) in [5.74, 6) is 0.128. The Labute approximate surface area is 155 Å². The number of aryl methyl sites for hydroxylation is 3. The number of piperidine rings is 1. The maximum Gasteiger partial charge on any atom is 0.262 e. The monoisotopic (exact) mass is 372 g/mol. The number of anilines is 2. The van der Waals surface area contributed by atoms with Crippen molar-refractivity contribution in [2.24, 2.45) is 0 Å². The minimum Gasteiger partial charge on any atom is -0.312 e. The predicted octanol–water partition coefficient (Wildman–Crippen LogP) is 3.93. The van der Waals surface area contributed by atoms with Gasteiger partial charge in [0.05, 0.1) is 4.90 Å². The Kier molecular flexibility index (Phi) is 5.05. The second-order valence-corrected chi connectivity index (χ2v) is 8.53. The summed E-state index contributed by atoms with van der Waals surface area (Å²) in [6, 6.07) is 10.6. The number of carbonyl (C=O) groups excluding carboxylic acids is 1. The molecule has 1 N–H and O–H groups in total. The van der Waals surface area contributed by atoms with Crippen molar-refractivity contribution in [1.29, 1.82) is 0 Å². The van der Waals surface area contributed by atoms with Crippen LogP contribution >= 0.6 is 0 Å². The zero-order valence-corrected chi connectivity index (χ0v) is 16.2. The number of rotatable bonds is 4. The van der Waals surface area contributed by atoms with Crippen LogP contribution in [0.5, 0.6) is 0 Å². The molecular weight excluding hydrogens is 348 g/mol. The fraction of sp³-hybridized carbons (Fsp3) is 0.350. The molecule has 5 nitrogen and oxygen atoms in total. The molecule has 1 aliphatic rings. The zero-order valence-electron chi connectivity index (χ0n) is 15.4. The molecule has 3 rings (SSSR count). The summed E-state index contributed by atoms with van der Waals surface area (Å²) in [7, 11) is -3.66. The number of hydrogen-bond donors (Lipinski definition) is 1. The lowest BCUT2D eigenvalue weighted by atomic mass is 10.1. The van der Waals surface area contributed by atoms with Crippen molar-refractivity contribution >= 4 is 27.3 Å². The molecule has 2 aromatic carbocycles. The summed E-state index contributed by atoms with van der Waals surface area (Å²) in [5, 5.41) is 0. The molecule has 0 radical (unpaired) electrons. The molecule has 2 aromatic rings. The average molecular weight is 372 g/mol. The fourth-order valence-electron chi connectivity index (χ4n) is 3.39. The number of benzene rings is 2. The van der Waals surface area contributed by atoms with Gasteiger partial charge in [0.1, 0.15) is 0 Å². The van der Waals surface area contributed by atoms with Crippen molar-refractivity contribution in [1.82, 2.24) is 0 Å². The highest BCUT2D eigenvalue weighted by Crippen LogP contribution is 2.28. The number of nitrogens with zero attached hydrogens (tertiary/aromatic N) is 1. The van der Waals surface area contributed by atoms with Crippen LogP contribution in [0.4, 0.5) is 11.4 Å². The van der Waals surface area contributed by atoms with Crippen molar-refractivity contribution in [2.75, 3.05) is 16.2 Å². The molecule has 1 saturated heterocycles. The minimum absolute atomic E-state index is 0.128. The highest BCUT2D eigenvalue weighted by molar-refractivity contribution is 7.92. The summed E-state index contributed by atoms with van der Waals surface area (Å²) in [5.41, 5.74) is 3.96. The van der Waals surface area contributed by atoms with Crippen molar-refractivity contribution < 1.29 is 13.2 Å². The Morgan fingerprint density at radius 2 is 1.73 bits per heavy atom. The second-order valence-electron chi connectivity index (χ2n) is 6.88. The lowest BCUT2D eigenvalue weighted by Gasteiger charge is -2.28. The van der Waals surface area contributed by atoms with E-state index in [1.54, 1.807) is 36.1 Å². The van der Waals surface area contributed by atoms with E-state index >= 15 is 0 Å². The summed E-state index contributed by atoms with van der Waals surface area (Å²) in [6.07, 6.45) is 2.49. The third-order valence-corrected chi connectivity index (χ3v) is 6.22. The van der Waals surface area contributed by atoms with Gasteiger partial charge in [-0.15, -0.1) is 0 Å². The van der Waals surface area contributed by atoms with Crippen LogP contribution < -0.4 is 9.62 Å². The normalized spacial score (nSPS) is 15.2. The molecule has 0 bridgehead atoms. The number of carbonyl (C=O) groups is 1. The molecule has 0 aromatic heterocycles. The van der Waals surface area contributed by atoms with Crippen LogP contribution in [0.2, 0.25) is 0 Å². The first-order valence-corrected chi connectivity index (χ1v) is 10.3. The Hall–Kier alpha value is -2.34. The van der Waals surface area contributed by atoms with Gasteiger partial charge in [0.25, 0.3) is 10.0 Å². The van der Waals surface area contributed by atoms with Crippen molar-refractivity contribution in [3.05, 3.63) is 53.1 Å². The van der Waals surface area contributed by atoms with Gasteiger partial charge < -0.3 is 4.90 Å². The molecule has 0 saturated carbocycles. The molecule has 0 atom stereocenters. The third-order valence-electron chi connectivity index (χ3n) is 4.68. The van der Waals surface area contributed by atoms with Gasteiger partial charge in [-0.25, -0.2) is 8.42 Å². The van der Waals surface area contributed by atoms with E-state index in [2.05, 4.69) is 4.72 Å². The van der Waals surface area contributed by atoms with Gasteiger partial charge in [-0.1, -0.05) is 17.7 Å². The molecule has 0 spiro atoms. The molecule has 138 valence electrons. The second kappa shape index (κ2) is 7.11. The molecular formula is C20H24N2O3S.